The van der Waals surface area contributed by atoms with Crippen LogP contribution in [0.2, 0.25) is 0 Å². The van der Waals surface area contributed by atoms with Crippen LogP contribution in [0.25, 0.3) is 0 Å². The van der Waals surface area contributed by atoms with Gasteiger partial charge in [-0.3, -0.25) is 5.43 Å². The average molecular weight is 189 g/mol. The summed E-state index contributed by atoms with van der Waals surface area (Å²) in [6.07, 6.45) is -4.36. The molecule has 0 heterocycles. The zero-order valence-corrected chi connectivity index (χ0v) is 6.39. The summed E-state index contributed by atoms with van der Waals surface area (Å²) in [5.41, 5.74) is 7.89. The molecule has 1 aromatic rings. The van der Waals surface area contributed by atoms with E-state index < -0.39 is 11.7 Å². The number of hydrogen-bond donors (Lipinski definition) is 2. The Bertz CT molecular complexity index is 308. The fourth-order valence-corrected chi connectivity index (χ4v) is 0.830. The van der Waals surface area contributed by atoms with Crippen LogP contribution >= 0.6 is 0 Å². The Hall–Kier alpha value is -1.59. The molecule has 0 aromatic heterocycles. The Labute approximate surface area is 72.0 Å². The van der Waals surface area contributed by atoms with Gasteiger partial charge >= 0.3 is 6.18 Å². The number of anilines is 1. The molecule has 0 saturated heterocycles. The van der Waals surface area contributed by atoms with E-state index in [1.807, 2.05) is 0 Å². The molecule has 70 valence electrons. The molecule has 2 N–H and O–H groups in total. The first-order valence-corrected chi connectivity index (χ1v) is 3.34. The molecule has 6 heteroatoms. The fraction of sp³-hybridized carbons (Fsp3) is 0.143. The summed E-state index contributed by atoms with van der Waals surface area (Å²) in [6, 6.07) is 4.48. The van der Waals surface area contributed by atoms with Crippen molar-refractivity contribution in [3.8, 4) is 0 Å². The molecular formula is C7H6F3N3. The lowest BCUT2D eigenvalue weighted by Gasteiger charge is -2.07. The van der Waals surface area contributed by atoms with E-state index in [0.29, 0.717) is 0 Å². The van der Waals surface area contributed by atoms with Gasteiger partial charge in [-0.25, -0.2) is 0 Å². The first kappa shape index (κ1) is 9.50. The van der Waals surface area contributed by atoms with Gasteiger partial charge in [0.1, 0.15) is 0 Å². The molecule has 0 saturated carbocycles. The van der Waals surface area contributed by atoms with Gasteiger partial charge in [0.25, 0.3) is 0 Å². The van der Waals surface area contributed by atoms with Crippen molar-refractivity contribution in [1.82, 2.24) is 0 Å². The number of benzene rings is 1. The van der Waals surface area contributed by atoms with E-state index in [9.17, 15) is 13.2 Å². The highest BCUT2D eigenvalue weighted by molar-refractivity contribution is 5.45. The number of nitrogens with one attached hydrogen (secondary N) is 2. The van der Waals surface area contributed by atoms with Crippen molar-refractivity contribution in [2.75, 3.05) is 5.43 Å². The molecule has 1 aromatic carbocycles. The van der Waals surface area contributed by atoms with Crippen LogP contribution in [0.1, 0.15) is 5.56 Å². The second kappa shape index (κ2) is 3.42. The van der Waals surface area contributed by atoms with E-state index in [1.165, 1.54) is 12.1 Å². The summed E-state index contributed by atoms with van der Waals surface area (Å²) in [7, 11) is 0. The van der Waals surface area contributed by atoms with E-state index >= 15 is 0 Å². The van der Waals surface area contributed by atoms with Crippen molar-refractivity contribution in [2.24, 2.45) is 5.22 Å². The second-order valence-electron chi connectivity index (χ2n) is 2.30. The standard InChI is InChI=1S/C7H6F3N3/c8-7(9,10)5-2-1-3-6(4-5)12-13-11/h1-4H,(H2,11,12). The van der Waals surface area contributed by atoms with Crippen molar-refractivity contribution in [1.29, 1.82) is 5.53 Å². The zero-order chi connectivity index (χ0) is 9.90. The lowest BCUT2D eigenvalue weighted by atomic mass is 10.2. The predicted octanol–water partition coefficient (Wildman–Crippen LogP) is 3.06. The highest BCUT2D eigenvalue weighted by atomic mass is 19.4. The van der Waals surface area contributed by atoms with Gasteiger partial charge in [-0.1, -0.05) is 11.3 Å². The molecule has 0 fully saturated rings. The Morgan fingerprint density at radius 2 is 2.00 bits per heavy atom. The fourth-order valence-electron chi connectivity index (χ4n) is 0.830. The normalized spacial score (nSPS) is 11.0. The monoisotopic (exact) mass is 189 g/mol. The predicted molar refractivity (Wildman–Crippen MR) is 40.2 cm³/mol. The quantitative estimate of drug-likeness (QED) is 0.545. The minimum atomic E-state index is -4.36. The smallest absolute Gasteiger partial charge is 0.260 e. The summed E-state index contributed by atoms with van der Waals surface area (Å²) in [4.78, 5) is 0. The minimum Gasteiger partial charge on any atom is -0.260 e. The molecule has 1 rings (SSSR count). The SMILES string of the molecule is N=NNc1cccc(C(F)(F)F)c1. The van der Waals surface area contributed by atoms with Crippen LogP contribution < -0.4 is 5.43 Å². The number of alkyl halides is 3. The highest BCUT2D eigenvalue weighted by Gasteiger charge is 2.30. The molecule has 0 spiro atoms. The van der Waals surface area contributed by atoms with Crippen LogP contribution in [-0.2, 0) is 6.18 Å². The number of hydrogen-bond acceptors (Lipinski definition) is 2. The van der Waals surface area contributed by atoms with E-state index in [1.54, 1.807) is 0 Å². The van der Waals surface area contributed by atoms with Crippen LogP contribution in [0.3, 0.4) is 0 Å². The molecule has 13 heavy (non-hydrogen) atoms. The van der Waals surface area contributed by atoms with E-state index in [0.717, 1.165) is 12.1 Å². The largest absolute Gasteiger partial charge is 0.416 e. The maximum absolute atomic E-state index is 12.1. The van der Waals surface area contributed by atoms with Crippen LogP contribution in [0.5, 0.6) is 0 Å². The van der Waals surface area contributed by atoms with E-state index in [4.69, 9.17) is 5.53 Å². The van der Waals surface area contributed by atoms with Crippen molar-refractivity contribution in [2.45, 2.75) is 6.18 Å². The summed E-state index contributed by atoms with van der Waals surface area (Å²) in [5.74, 6) is 0. The topological polar surface area (TPSA) is 48.2 Å². The van der Waals surface area contributed by atoms with Crippen molar-refractivity contribution in [3.05, 3.63) is 29.8 Å². The zero-order valence-electron chi connectivity index (χ0n) is 6.39. The van der Waals surface area contributed by atoms with E-state index in [2.05, 4.69) is 10.6 Å². The maximum atomic E-state index is 12.1. The first-order valence-electron chi connectivity index (χ1n) is 3.34. The van der Waals surface area contributed by atoms with Gasteiger partial charge in [0, 0.05) is 0 Å². The van der Waals surface area contributed by atoms with Crippen molar-refractivity contribution in [3.63, 3.8) is 0 Å². The molecule has 0 radical (unpaired) electrons. The van der Waals surface area contributed by atoms with Gasteiger partial charge < -0.3 is 0 Å². The van der Waals surface area contributed by atoms with Crippen LogP contribution in [0, 0.1) is 5.53 Å². The summed E-state index contributed by atoms with van der Waals surface area (Å²) < 4.78 is 36.3. The molecular weight excluding hydrogens is 183 g/mol. The lowest BCUT2D eigenvalue weighted by Crippen LogP contribution is -2.04. The number of halogens is 3. The van der Waals surface area contributed by atoms with Crippen LogP contribution in [-0.4, -0.2) is 0 Å². The van der Waals surface area contributed by atoms with Gasteiger partial charge in [-0.2, -0.15) is 18.7 Å². The summed E-state index contributed by atoms with van der Waals surface area (Å²) >= 11 is 0. The maximum Gasteiger partial charge on any atom is 0.416 e. The molecule has 0 amide bonds. The van der Waals surface area contributed by atoms with Gasteiger partial charge in [-0.15, -0.1) is 0 Å². The number of rotatable bonds is 2. The second-order valence-corrected chi connectivity index (χ2v) is 2.30. The van der Waals surface area contributed by atoms with Gasteiger partial charge in [0.05, 0.1) is 11.3 Å². The van der Waals surface area contributed by atoms with E-state index in [-0.39, 0.29) is 5.69 Å². The third-order valence-electron chi connectivity index (χ3n) is 1.37. The summed E-state index contributed by atoms with van der Waals surface area (Å²) in [5, 5.41) is 2.76. The summed E-state index contributed by atoms with van der Waals surface area (Å²) in [6.45, 7) is 0. The third-order valence-corrected chi connectivity index (χ3v) is 1.37. The lowest BCUT2D eigenvalue weighted by molar-refractivity contribution is -0.137. The molecule has 0 unspecified atom stereocenters. The average Bonchev–Trinajstić information content (AvgIpc) is 2.04. The van der Waals surface area contributed by atoms with Crippen LogP contribution in [0.15, 0.2) is 29.5 Å². The third kappa shape index (κ3) is 2.43. The minimum absolute atomic E-state index is 0.143. The molecule has 0 aliphatic heterocycles. The Kier molecular flexibility index (Phi) is 2.50. The number of nitrogens with zero attached hydrogens (tertiary/aromatic N) is 1. The Morgan fingerprint density at radius 3 is 2.54 bits per heavy atom. The molecule has 0 aliphatic carbocycles. The van der Waals surface area contributed by atoms with Crippen molar-refractivity contribution >= 4 is 5.69 Å². The first-order chi connectivity index (χ1) is 6.04. The van der Waals surface area contributed by atoms with Gasteiger partial charge in [0.2, 0.25) is 0 Å². The highest BCUT2D eigenvalue weighted by Crippen LogP contribution is 2.30. The van der Waals surface area contributed by atoms with Crippen molar-refractivity contribution < 1.29 is 13.2 Å². The molecule has 3 nitrogen and oxygen atoms in total. The van der Waals surface area contributed by atoms with Gasteiger partial charge in [0.15, 0.2) is 0 Å². The van der Waals surface area contributed by atoms with Crippen LogP contribution in [0.4, 0.5) is 18.9 Å². The Morgan fingerprint density at radius 1 is 1.31 bits per heavy atom. The van der Waals surface area contributed by atoms with Gasteiger partial charge in [-0.05, 0) is 18.2 Å². The molecule has 0 atom stereocenters. The molecule has 0 bridgehead atoms. The molecule has 0 aliphatic rings. The Balaban J connectivity index is 2.98.